The molecule has 1 heterocycles. The van der Waals surface area contributed by atoms with Crippen LogP contribution in [0.3, 0.4) is 0 Å². The molecule has 3 aromatic carbocycles. The van der Waals surface area contributed by atoms with Gasteiger partial charge in [-0.15, -0.1) is 0 Å². The molecular formula is C22H19BrN2O. The summed E-state index contributed by atoms with van der Waals surface area (Å²) in [7, 11) is 0. The van der Waals surface area contributed by atoms with Crippen LogP contribution < -0.4 is 10.2 Å². The maximum Gasteiger partial charge on any atom is 0.262 e. The third-order valence-electron chi connectivity index (χ3n) is 4.71. The summed E-state index contributed by atoms with van der Waals surface area (Å²) in [5.74, 6) is 0.00794. The van der Waals surface area contributed by atoms with Gasteiger partial charge in [-0.05, 0) is 53.9 Å². The van der Waals surface area contributed by atoms with Gasteiger partial charge in [0.2, 0.25) is 0 Å². The molecule has 0 spiro atoms. The minimum Gasteiger partial charge on any atom is -0.360 e. The predicted molar refractivity (Wildman–Crippen MR) is 110 cm³/mol. The highest BCUT2D eigenvalue weighted by Crippen LogP contribution is 2.37. The maximum atomic E-state index is 13.3. The van der Waals surface area contributed by atoms with Gasteiger partial charge in [-0.25, -0.2) is 0 Å². The summed E-state index contributed by atoms with van der Waals surface area (Å²) in [5, 5.41) is 3.53. The summed E-state index contributed by atoms with van der Waals surface area (Å²) in [4.78, 5) is 15.2. The zero-order valence-corrected chi connectivity index (χ0v) is 16.0. The van der Waals surface area contributed by atoms with Crippen LogP contribution in [0.15, 0.2) is 77.3 Å². The van der Waals surface area contributed by atoms with Crippen LogP contribution in [0.4, 0.5) is 11.4 Å². The lowest BCUT2D eigenvalue weighted by Crippen LogP contribution is -2.43. The lowest BCUT2D eigenvalue weighted by Gasteiger charge is -2.38. The van der Waals surface area contributed by atoms with E-state index in [1.165, 1.54) is 5.56 Å². The topological polar surface area (TPSA) is 32.3 Å². The van der Waals surface area contributed by atoms with Crippen molar-refractivity contribution in [1.29, 1.82) is 0 Å². The van der Waals surface area contributed by atoms with Crippen LogP contribution >= 0.6 is 15.9 Å². The van der Waals surface area contributed by atoms with Crippen molar-refractivity contribution in [1.82, 2.24) is 0 Å². The van der Waals surface area contributed by atoms with Gasteiger partial charge in [-0.3, -0.25) is 9.69 Å². The fourth-order valence-electron chi connectivity index (χ4n) is 3.32. The Kier molecular flexibility index (Phi) is 4.51. The third kappa shape index (κ3) is 3.01. The zero-order chi connectivity index (χ0) is 18.1. The van der Waals surface area contributed by atoms with Crippen molar-refractivity contribution in [2.75, 3.05) is 10.2 Å². The summed E-state index contributed by atoms with van der Waals surface area (Å²) < 4.78 is 0.990. The average molecular weight is 407 g/mol. The Bertz CT molecular complexity index is 952. The van der Waals surface area contributed by atoms with Gasteiger partial charge < -0.3 is 5.32 Å². The first-order valence-electron chi connectivity index (χ1n) is 8.71. The van der Waals surface area contributed by atoms with E-state index >= 15 is 0 Å². The van der Waals surface area contributed by atoms with Crippen molar-refractivity contribution >= 4 is 33.2 Å². The molecule has 3 nitrogen and oxygen atoms in total. The number of rotatable bonds is 3. The fraction of sp³-hybridized carbons (Fsp3) is 0.136. The number of hydrogen-bond acceptors (Lipinski definition) is 2. The second-order valence-corrected chi connectivity index (χ2v) is 7.26. The largest absolute Gasteiger partial charge is 0.360 e. The standard InChI is InChI=1S/C22H19BrN2O/c1-2-15-10-12-18(13-11-15)25-21(16-6-5-7-17(23)14-16)24-20-9-4-3-8-19(20)22(25)26/h3-14,21,24H,2H2,1H3/t21-/m0/s1. The van der Waals surface area contributed by atoms with Crippen molar-refractivity contribution in [2.24, 2.45) is 0 Å². The van der Waals surface area contributed by atoms with E-state index in [4.69, 9.17) is 0 Å². The van der Waals surface area contributed by atoms with Gasteiger partial charge in [0.15, 0.2) is 0 Å². The molecule has 4 rings (SSSR count). The number of benzene rings is 3. The molecule has 130 valence electrons. The number of nitrogens with one attached hydrogen (secondary N) is 1. The number of aryl methyl sites for hydroxylation is 1. The molecule has 0 radical (unpaired) electrons. The van der Waals surface area contributed by atoms with E-state index in [-0.39, 0.29) is 12.1 Å². The minimum atomic E-state index is -0.262. The molecule has 1 aliphatic rings. The summed E-state index contributed by atoms with van der Waals surface area (Å²) in [6, 6.07) is 24.0. The molecule has 0 aromatic heterocycles. The van der Waals surface area contributed by atoms with Crippen molar-refractivity contribution in [3.63, 3.8) is 0 Å². The van der Waals surface area contributed by atoms with Gasteiger partial charge in [-0.2, -0.15) is 0 Å². The number of anilines is 2. The number of nitrogens with zero attached hydrogens (tertiary/aromatic N) is 1. The highest BCUT2D eigenvalue weighted by Gasteiger charge is 2.33. The Morgan fingerprint density at radius 2 is 1.77 bits per heavy atom. The van der Waals surface area contributed by atoms with E-state index in [0.29, 0.717) is 5.56 Å². The number of halogens is 1. The number of carbonyl (C=O) groups excluding carboxylic acids is 1. The van der Waals surface area contributed by atoms with Crippen LogP contribution in [0.1, 0.15) is 34.6 Å². The SMILES string of the molecule is CCc1ccc(N2C(=O)c3ccccc3N[C@@H]2c2cccc(Br)c2)cc1. The summed E-state index contributed by atoms with van der Waals surface area (Å²) >= 11 is 3.54. The van der Waals surface area contributed by atoms with E-state index in [2.05, 4.69) is 40.3 Å². The highest BCUT2D eigenvalue weighted by atomic mass is 79.9. The molecule has 0 aliphatic carbocycles. The molecule has 1 aliphatic heterocycles. The summed E-state index contributed by atoms with van der Waals surface area (Å²) in [6.07, 6.45) is 0.715. The van der Waals surface area contributed by atoms with Crippen LogP contribution in [0, 0.1) is 0 Å². The van der Waals surface area contributed by atoms with Crippen LogP contribution in [0.2, 0.25) is 0 Å². The number of para-hydroxylation sites is 1. The van der Waals surface area contributed by atoms with Crippen molar-refractivity contribution in [3.05, 3.63) is 94.0 Å². The number of fused-ring (bicyclic) bond motifs is 1. The smallest absolute Gasteiger partial charge is 0.262 e. The lowest BCUT2D eigenvalue weighted by molar-refractivity contribution is 0.0975. The number of hydrogen-bond donors (Lipinski definition) is 1. The fourth-order valence-corrected chi connectivity index (χ4v) is 3.74. The molecule has 1 amide bonds. The molecular weight excluding hydrogens is 388 g/mol. The first kappa shape index (κ1) is 16.9. The molecule has 0 fully saturated rings. The quantitative estimate of drug-likeness (QED) is 0.597. The van der Waals surface area contributed by atoms with Crippen molar-refractivity contribution in [3.8, 4) is 0 Å². The monoisotopic (exact) mass is 406 g/mol. The molecule has 1 atom stereocenters. The van der Waals surface area contributed by atoms with E-state index in [1.54, 1.807) is 0 Å². The van der Waals surface area contributed by atoms with Gasteiger partial charge >= 0.3 is 0 Å². The van der Waals surface area contributed by atoms with Crippen LogP contribution in [0.25, 0.3) is 0 Å². The van der Waals surface area contributed by atoms with E-state index in [9.17, 15) is 4.79 Å². The third-order valence-corrected chi connectivity index (χ3v) is 5.21. The Morgan fingerprint density at radius 3 is 2.50 bits per heavy atom. The molecule has 4 heteroatoms. The van der Waals surface area contributed by atoms with Crippen LogP contribution in [-0.4, -0.2) is 5.91 Å². The number of carbonyl (C=O) groups is 1. The van der Waals surface area contributed by atoms with Crippen LogP contribution in [0.5, 0.6) is 0 Å². The Morgan fingerprint density at radius 1 is 1.00 bits per heavy atom. The van der Waals surface area contributed by atoms with Crippen molar-refractivity contribution in [2.45, 2.75) is 19.5 Å². The van der Waals surface area contributed by atoms with Gasteiger partial charge in [0, 0.05) is 15.8 Å². The zero-order valence-electron chi connectivity index (χ0n) is 14.4. The lowest BCUT2D eigenvalue weighted by atomic mass is 10.0. The Hall–Kier alpha value is -2.59. The molecule has 0 saturated heterocycles. The Labute approximate surface area is 161 Å². The molecule has 0 bridgehead atoms. The predicted octanol–water partition coefficient (Wildman–Crippen LogP) is 5.78. The van der Waals surface area contributed by atoms with E-state index < -0.39 is 0 Å². The second kappa shape index (κ2) is 6.96. The summed E-state index contributed by atoms with van der Waals surface area (Å²) in [5.41, 5.74) is 4.73. The molecule has 1 N–H and O–H groups in total. The molecule has 0 unspecified atom stereocenters. The highest BCUT2D eigenvalue weighted by molar-refractivity contribution is 9.10. The Balaban J connectivity index is 1.84. The van der Waals surface area contributed by atoms with Crippen LogP contribution in [-0.2, 0) is 6.42 Å². The molecule has 0 saturated carbocycles. The first-order chi connectivity index (χ1) is 12.7. The maximum absolute atomic E-state index is 13.3. The van der Waals surface area contributed by atoms with Gasteiger partial charge in [0.25, 0.3) is 5.91 Å². The summed E-state index contributed by atoms with van der Waals surface area (Å²) in [6.45, 7) is 2.13. The van der Waals surface area contributed by atoms with Gasteiger partial charge in [-0.1, -0.05) is 59.3 Å². The van der Waals surface area contributed by atoms with E-state index in [1.807, 2.05) is 65.6 Å². The number of amides is 1. The van der Waals surface area contributed by atoms with Gasteiger partial charge in [0.05, 0.1) is 5.56 Å². The second-order valence-electron chi connectivity index (χ2n) is 6.34. The normalized spacial score (nSPS) is 16.2. The molecule has 26 heavy (non-hydrogen) atoms. The molecule has 3 aromatic rings. The van der Waals surface area contributed by atoms with Crippen molar-refractivity contribution < 1.29 is 4.79 Å². The average Bonchev–Trinajstić information content (AvgIpc) is 2.68. The van der Waals surface area contributed by atoms with E-state index in [0.717, 1.165) is 27.8 Å². The minimum absolute atomic E-state index is 0.00794. The van der Waals surface area contributed by atoms with Gasteiger partial charge in [0.1, 0.15) is 6.17 Å². The first-order valence-corrected chi connectivity index (χ1v) is 9.50.